The molecule has 0 spiro atoms. The van der Waals surface area contributed by atoms with E-state index in [-0.39, 0.29) is 83.2 Å². The Hall–Kier alpha value is 0.470. The van der Waals surface area contributed by atoms with Crippen molar-refractivity contribution in [3.63, 3.8) is 0 Å². The second-order valence-electron chi connectivity index (χ2n) is 5.65. The summed E-state index contributed by atoms with van der Waals surface area (Å²) in [5.74, 6) is 0.299. The van der Waals surface area contributed by atoms with Gasteiger partial charge in [0, 0.05) is 31.4 Å². The number of nitrogens with two attached hydrogens (primary N) is 1. The van der Waals surface area contributed by atoms with E-state index in [1.54, 1.807) is 6.92 Å². The number of aromatic amines is 1. The van der Waals surface area contributed by atoms with Crippen LogP contribution in [0.15, 0.2) is 0 Å². The van der Waals surface area contributed by atoms with Gasteiger partial charge in [-0.3, -0.25) is 15.1 Å². The van der Waals surface area contributed by atoms with Gasteiger partial charge in [0.1, 0.15) is 5.54 Å². The van der Waals surface area contributed by atoms with E-state index in [0.717, 1.165) is 4.90 Å². The van der Waals surface area contributed by atoms with Gasteiger partial charge >= 0.3 is 59.1 Å². The summed E-state index contributed by atoms with van der Waals surface area (Å²) in [5, 5.41) is 20.5. The van der Waals surface area contributed by atoms with Gasteiger partial charge in [-0.1, -0.05) is 5.10 Å². The molecule has 0 bridgehead atoms. The molecule has 0 radical (unpaired) electrons. The van der Waals surface area contributed by atoms with E-state index in [4.69, 9.17) is 11.1 Å². The summed E-state index contributed by atoms with van der Waals surface area (Å²) in [6.07, 6.45) is -0.734. The van der Waals surface area contributed by atoms with Gasteiger partial charge in [-0.25, -0.2) is 0 Å². The van der Waals surface area contributed by atoms with E-state index in [2.05, 4.69) is 20.6 Å². The molecule has 1 atom stereocenters. The number of aromatic nitrogens is 4. The number of rotatable bonds is 9. The van der Waals surface area contributed by atoms with Crippen LogP contribution in [-0.2, 0) is 9.36 Å². The first-order valence-corrected chi connectivity index (χ1v) is 10.0. The Morgan fingerprint density at radius 2 is 2.04 bits per heavy atom. The van der Waals surface area contributed by atoms with Crippen LogP contribution in [0, 0.1) is 5.41 Å². The number of carbonyl (C=O) groups is 1. The molecule has 0 aliphatic carbocycles. The minimum atomic E-state index is -4.75. The Balaban J connectivity index is 0. The molecule has 0 fully saturated rings. The molecule has 16 heteroatoms. The van der Waals surface area contributed by atoms with E-state index < -0.39 is 25.3 Å². The molecule has 1 rings (SSSR count). The summed E-state index contributed by atoms with van der Waals surface area (Å²) in [6, 6.07) is 0. The van der Waals surface area contributed by atoms with Crippen molar-refractivity contribution in [1.82, 2.24) is 25.5 Å². The fourth-order valence-electron chi connectivity index (χ4n) is 1.85. The number of tetrazole rings is 1. The molecule has 0 aromatic carbocycles. The summed E-state index contributed by atoms with van der Waals surface area (Å²) in [4.78, 5) is 36.4. The van der Waals surface area contributed by atoms with Crippen LogP contribution in [0.5, 0.6) is 0 Å². The van der Waals surface area contributed by atoms with Gasteiger partial charge in [0.25, 0.3) is 5.95 Å². The van der Waals surface area contributed by atoms with Gasteiger partial charge in [-0.2, -0.15) is 17.0 Å². The van der Waals surface area contributed by atoms with E-state index in [9.17, 15) is 19.1 Å². The van der Waals surface area contributed by atoms with Gasteiger partial charge in [-0.15, -0.1) is 5.10 Å². The number of anilines is 1. The van der Waals surface area contributed by atoms with Gasteiger partial charge in [0.2, 0.25) is 5.91 Å². The molecule has 4 N–H and O–H groups in total. The van der Waals surface area contributed by atoms with Gasteiger partial charge in [-0.05, 0) is 26.7 Å². The molecule has 0 saturated heterocycles. The number of hydrogen-bond acceptors (Lipinski definition) is 10. The molecule has 12 nitrogen and oxygen atoms in total. The van der Waals surface area contributed by atoms with Crippen LogP contribution in [0.4, 0.5) is 5.95 Å². The summed E-state index contributed by atoms with van der Waals surface area (Å²) < 4.78 is 10.9. The predicted octanol–water partition coefficient (Wildman–Crippen LogP) is -8.21. The van der Waals surface area contributed by atoms with Gasteiger partial charge in [0.05, 0.1) is 5.84 Å². The first kappa shape index (κ1) is 29.7. The van der Waals surface area contributed by atoms with E-state index in [1.165, 1.54) is 30.6 Å². The number of thioether (sulfide) groups is 1. The average Bonchev–Trinajstić information content (AvgIpc) is 3.01. The van der Waals surface area contributed by atoms with Crippen LogP contribution >= 0.6 is 19.4 Å². The standard InChI is InChI=1S/C11H23N8O4PS.2Na/c1-8(12)19(7-24(21,22)23)4-5-25-6-11(2,13)9(20)18(3)10-14-16-17-15-10;;/h12H,4-7,13H2,1-3H3,(H2,21,22,23)(H,14,15,16,17);;/q;2*+1/p-2/t11-;;/m0../s1. The second-order valence-corrected chi connectivity index (χ2v) is 8.26. The van der Waals surface area contributed by atoms with Crippen molar-refractivity contribution in [2.24, 2.45) is 5.73 Å². The third kappa shape index (κ3) is 10.7. The molecule has 1 aromatic rings. The van der Waals surface area contributed by atoms with Crippen LogP contribution in [0.25, 0.3) is 0 Å². The fourth-order valence-corrected chi connectivity index (χ4v) is 3.66. The number of hydrogen-bond donors (Lipinski definition) is 3. The number of nitrogens with zero attached hydrogens (tertiary/aromatic N) is 5. The molecule has 0 aliphatic rings. The van der Waals surface area contributed by atoms with Crippen molar-refractivity contribution in [2.75, 3.05) is 36.3 Å². The monoisotopic (exact) mass is 438 g/mol. The summed E-state index contributed by atoms with van der Waals surface area (Å²) >= 11 is 1.31. The van der Waals surface area contributed by atoms with Crippen molar-refractivity contribution in [1.29, 1.82) is 5.41 Å². The Morgan fingerprint density at radius 3 is 2.48 bits per heavy atom. The maximum absolute atomic E-state index is 12.4. The molecule has 0 unspecified atom stereocenters. The molecule has 27 heavy (non-hydrogen) atoms. The maximum atomic E-state index is 12.4. The first-order chi connectivity index (χ1) is 11.4. The molecule has 1 amide bonds. The zero-order valence-electron chi connectivity index (χ0n) is 16.1. The number of carbonyl (C=O) groups excluding carboxylic acids is 1. The summed E-state index contributed by atoms with van der Waals surface area (Å²) in [5.41, 5.74) is 4.84. The van der Waals surface area contributed by atoms with Crippen molar-refractivity contribution >= 4 is 37.0 Å². The van der Waals surface area contributed by atoms with Crippen LogP contribution in [0.3, 0.4) is 0 Å². The number of amidine groups is 1. The molecular weight excluding hydrogens is 417 g/mol. The van der Waals surface area contributed by atoms with Crippen molar-refractivity contribution in [2.45, 2.75) is 19.4 Å². The van der Waals surface area contributed by atoms with E-state index in [1.807, 2.05) is 0 Å². The minimum absolute atomic E-state index is 0. The third-order valence-electron chi connectivity index (χ3n) is 3.15. The normalized spacial score (nSPS) is 13.0. The van der Waals surface area contributed by atoms with Crippen molar-refractivity contribution < 1.29 is 78.3 Å². The molecule has 0 aliphatic heterocycles. The van der Waals surface area contributed by atoms with Crippen LogP contribution < -0.4 is 79.5 Å². The second kappa shape index (κ2) is 12.9. The fraction of sp³-hybridized carbons (Fsp3) is 0.727. The number of nitrogens with one attached hydrogen (secondary N) is 2. The van der Waals surface area contributed by atoms with Crippen LogP contribution in [0.2, 0.25) is 0 Å². The number of H-pyrrole nitrogens is 1. The Bertz CT molecular complexity index is 644. The molecular formula is C11H21N8Na2O4PS. The maximum Gasteiger partial charge on any atom is 1.00 e. The molecule has 1 aromatic heterocycles. The Morgan fingerprint density at radius 1 is 1.44 bits per heavy atom. The van der Waals surface area contributed by atoms with E-state index >= 15 is 0 Å². The summed E-state index contributed by atoms with van der Waals surface area (Å²) in [7, 11) is -3.27. The van der Waals surface area contributed by atoms with Crippen molar-refractivity contribution in [3.8, 4) is 0 Å². The smallest absolute Gasteiger partial charge is 0.810 e. The molecule has 1 heterocycles. The van der Waals surface area contributed by atoms with E-state index in [0.29, 0.717) is 5.75 Å². The molecule has 0 saturated carbocycles. The Kier molecular flexibility index (Phi) is 14.2. The minimum Gasteiger partial charge on any atom is -0.810 e. The number of amides is 1. The zero-order chi connectivity index (χ0) is 19.3. The van der Waals surface area contributed by atoms with Crippen LogP contribution in [0.1, 0.15) is 13.8 Å². The largest absolute Gasteiger partial charge is 1.00 e. The predicted molar refractivity (Wildman–Crippen MR) is 90.1 cm³/mol. The molecule has 142 valence electrons. The topological polar surface area (TPSA) is 191 Å². The number of likely N-dealkylation sites (N-methyl/N-ethyl adjacent to an activating group) is 1. The van der Waals surface area contributed by atoms with Gasteiger partial charge < -0.3 is 25.0 Å². The SMILES string of the molecule is CC(=N)N(CCSC[C@](C)(N)C(=O)N(C)c1nn[nH]n1)CP(=O)([O-])[O-].[Na+].[Na+]. The van der Waals surface area contributed by atoms with Crippen LogP contribution in [-0.4, -0.2) is 74.2 Å². The average molecular weight is 438 g/mol. The third-order valence-corrected chi connectivity index (χ3v) is 5.12. The Labute approximate surface area is 206 Å². The summed E-state index contributed by atoms with van der Waals surface area (Å²) in [6.45, 7) is 3.14. The quantitative estimate of drug-likeness (QED) is 0.110. The van der Waals surface area contributed by atoms with Gasteiger partial charge in [0.15, 0.2) is 0 Å². The zero-order valence-corrected chi connectivity index (χ0v) is 21.8. The van der Waals surface area contributed by atoms with Crippen molar-refractivity contribution in [3.05, 3.63) is 0 Å². The first-order valence-electron chi connectivity index (χ1n) is 7.13.